The number of fused-ring (bicyclic) bond motifs is 1. The van der Waals surface area contributed by atoms with Gasteiger partial charge in [0.1, 0.15) is 6.54 Å². The molecule has 1 saturated carbocycles. The van der Waals surface area contributed by atoms with E-state index in [1.165, 1.54) is 29.6 Å². The van der Waals surface area contributed by atoms with Gasteiger partial charge in [-0.1, -0.05) is 0 Å². The number of aliphatic hydroxyl groups excluding tert-OH is 1. The zero-order valence-corrected chi connectivity index (χ0v) is 13.0. The number of hydrogen-bond acceptors (Lipinski definition) is 5. The highest BCUT2D eigenvalue weighted by Crippen LogP contribution is 2.18. The van der Waals surface area contributed by atoms with Crippen molar-refractivity contribution in [1.29, 1.82) is 0 Å². The molecule has 124 valence electrons. The number of carbonyl (C=O) groups excluding carboxylic acids is 1. The van der Waals surface area contributed by atoms with Crippen molar-refractivity contribution in [2.75, 3.05) is 0 Å². The summed E-state index contributed by atoms with van der Waals surface area (Å²) in [6, 6.07) is -0.246. The summed E-state index contributed by atoms with van der Waals surface area (Å²) in [4.78, 5) is 40.4. The fraction of sp³-hybridized carbons (Fsp3) is 0.571. The third-order valence-corrected chi connectivity index (χ3v) is 4.36. The number of aliphatic hydroxyl groups is 1. The van der Waals surface area contributed by atoms with Gasteiger partial charge in [-0.2, -0.15) is 0 Å². The van der Waals surface area contributed by atoms with Gasteiger partial charge in [0.2, 0.25) is 5.91 Å². The van der Waals surface area contributed by atoms with E-state index in [1.54, 1.807) is 0 Å². The maximum atomic E-state index is 12.3. The lowest BCUT2D eigenvalue weighted by Crippen LogP contribution is -2.42. The number of hydrogen-bond donors (Lipinski definition) is 2. The lowest BCUT2D eigenvalue weighted by atomic mass is 10.2. The highest BCUT2D eigenvalue weighted by molar-refractivity contribution is 5.79. The second kappa shape index (κ2) is 5.65. The van der Waals surface area contributed by atoms with Gasteiger partial charge in [0.25, 0.3) is 5.56 Å². The van der Waals surface area contributed by atoms with Crippen LogP contribution in [0.4, 0.5) is 0 Å². The topological polar surface area (TPSA) is 111 Å². The molecule has 2 heterocycles. The molecular weight excluding hydrogens is 302 g/mol. The third kappa shape index (κ3) is 2.56. The van der Waals surface area contributed by atoms with Gasteiger partial charge in [0, 0.05) is 14.1 Å². The van der Waals surface area contributed by atoms with Gasteiger partial charge in [-0.15, -0.1) is 0 Å². The number of nitrogens with zero attached hydrogens (tertiary/aromatic N) is 4. The molecule has 1 amide bonds. The molecule has 1 aliphatic rings. The summed E-state index contributed by atoms with van der Waals surface area (Å²) in [7, 11) is 2.91. The average Bonchev–Trinajstić information content (AvgIpc) is 3.10. The molecule has 2 aromatic heterocycles. The SMILES string of the molecule is Cn1c(=O)c2c(ncn2CC(=O)NC2CCC[C@@H]2O)n(C)c1=O. The molecule has 9 nitrogen and oxygen atoms in total. The van der Waals surface area contributed by atoms with Crippen LogP contribution in [0.5, 0.6) is 0 Å². The molecule has 2 aromatic rings. The second-order valence-corrected chi connectivity index (χ2v) is 5.92. The van der Waals surface area contributed by atoms with E-state index in [1.807, 2.05) is 0 Å². The minimum absolute atomic E-state index is 0.0901. The molecule has 0 bridgehead atoms. The lowest BCUT2D eigenvalue weighted by Gasteiger charge is -2.16. The minimum atomic E-state index is -0.521. The molecule has 1 unspecified atom stereocenters. The first kappa shape index (κ1) is 15.5. The number of rotatable bonds is 3. The predicted molar refractivity (Wildman–Crippen MR) is 82.0 cm³/mol. The van der Waals surface area contributed by atoms with E-state index in [9.17, 15) is 19.5 Å². The lowest BCUT2D eigenvalue weighted by molar-refractivity contribution is -0.122. The van der Waals surface area contributed by atoms with E-state index < -0.39 is 17.4 Å². The van der Waals surface area contributed by atoms with Crippen molar-refractivity contribution in [3.05, 3.63) is 27.2 Å². The van der Waals surface area contributed by atoms with E-state index in [4.69, 9.17) is 0 Å². The maximum Gasteiger partial charge on any atom is 0.332 e. The summed E-state index contributed by atoms with van der Waals surface area (Å²) in [5.74, 6) is -0.300. The third-order valence-electron chi connectivity index (χ3n) is 4.36. The predicted octanol–water partition coefficient (Wildman–Crippen LogP) is -1.54. The summed E-state index contributed by atoms with van der Waals surface area (Å²) in [6.45, 7) is -0.0901. The number of aromatic nitrogens is 4. The van der Waals surface area contributed by atoms with Gasteiger partial charge in [-0.25, -0.2) is 9.78 Å². The maximum absolute atomic E-state index is 12.3. The molecule has 9 heteroatoms. The quantitative estimate of drug-likeness (QED) is 0.712. The Morgan fingerprint density at radius 3 is 2.74 bits per heavy atom. The van der Waals surface area contributed by atoms with Crippen molar-refractivity contribution in [1.82, 2.24) is 24.0 Å². The minimum Gasteiger partial charge on any atom is -0.391 e. The fourth-order valence-electron chi connectivity index (χ4n) is 3.03. The Hall–Kier alpha value is -2.42. The molecule has 0 saturated heterocycles. The molecular formula is C14H19N5O4. The molecule has 1 fully saturated rings. The van der Waals surface area contributed by atoms with Crippen LogP contribution in [0.15, 0.2) is 15.9 Å². The summed E-state index contributed by atoms with van der Waals surface area (Å²) in [6.07, 6.45) is 3.15. The Kier molecular flexibility index (Phi) is 3.80. The Morgan fingerprint density at radius 2 is 2.09 bits per heavy atom. The summed E-state index contributed by atoms with van der Waals surface area (Å²) in [5.41, 5.74) is -0.510. The van der Waals surface area contributed by atoms with Gasteiger partial charge in [-0.05, 0) is 19.3 Å². The largest absolute Gasteiger partial charge is 0.391 e. The Balaban J connectivity index is 1.91. The van der Waals surface area contributed by atoms with Crippen molar-refractivity contribution < 1.29 is 9.90 Å². The van der Waals surface area contributed by atoms with Crippen LogP contribution in [0.2, 0.25) is 0 Å². The van der Waals surface area contributed by atoms with Crippen LogP contribution in [0.25, 0.3) is 11.2 Å². The Morgan fingerprint density at radius 1 is 1.35 bits per heavy atom. The zero-order valence-electron chi connectivity index (χ0n) is 13.0. The summed E-state index contributed by atoms with van der Waals surface area (Å²) in [5, 5.41) is 12.5. The number of nitrogens with one attached hydrogen (secondary N) is 1. The van der Waals surface area contributed by atoms with Crippen LogP contribution in [0.1, 0.15) is 19.3 Å². The second-order valence-electron chi connectivity index (χ2n) is 5.92. The molecule has 1 aliphatic carbocycles. The number of imidazole rings is 1. The highest BCUT2D eigenvalue weighted by atomic mass is 16.3. The summed E-state index contributed by atoms with van der Waals surface area (Å²) < 4.78 is 3.68. The van der Waals surface area contributed by atoms with E-state index in [-0.39, 0.29) is 29.7 Å². The van der Waals surface area contributed by atoms with Gasteiger partial charge < -0.3 is 15.0 Å². The average molecular weight is 321 g/mol. The van der Waals surface area contributed by atoms with E-state index >= 15 is 0 Å². The first-order chi connectivity index (χ1) is 10.9. The first-order valence-corrected chi connectivity index (χ1v) is 7.48. The Bertz CT molecular complexity index is 878. The number of aryl methyl sites for hydroxylation is 1. The van der Waals surface area contributed by atoms with Crippen LogP contribution in [0.3, 0.4) is 0 Å². The van der Waals surface area contributed by atoms with Crippen LogP contribution in [-0.2, 0) is 25.4 Å². The fourth-order valence-corrected chi connectivity index (χ4v) is 3.03. The van der Waals surface area contributed by atoms with Gasteiger partial charge in [-0.3, -0.25) is 18.7 Å². The smallest absolute Gasteiger partial charge is 0.332 e. The van der Waals surface area contributed by atoms with E-state index in [2.05, 4.69) is 10.3 Å². The van der Waals surface area contributed by atoms with Crippen LogP contribution >= 0.6 is 0 Å². The Labute approximate surface area is 131 Å². The molecule has 23 heavy (non-hydrogen) atoms. The van der Waals surface area contributed by atoms with Crippen LogP contribution in [-0.4, -0.2) is 41.8 Å². The van der Waals surface area contributed by atoms with Crippen molar-refractivity contribution in [2.45, 2.75) is 38.0 Å². The van der Waals surface area contributed by atoms with Gasteiger partial charge >= 0.3 is 5.69 Å². The van der Waals surface area contributed by atoms with E-state index in [0.717, 1.165) is 17.4 Å². The first-order valence-electron chi connectivity index (χ1n) is 7.48. The van der Waals surface area contributed by atoms with Crippen molar-refractivity contribution in [2.24, 2.45) is 14.1 Å². The summed E-state index contributed by atoms with van der Waals surface area (Å²) >= 11 is 0. The van der Waals surface area contributed by atoms with E-state index in [0.29, 0.717) is 6.42 Å². The normalized spacial score (nSPS) is 21.0. The molecule has 0 aliphatic heterocycles. The van der Waals surface area contributed by atoms with Gasteiger partial charge in [0.05, 0.1) is 18.5 Å². The molecule has 0 radical (unpaired) electrons. The molecule has 2 N–H and O–H groups in total. The van der Waals surface area contributed by atoms with Crippen LogP contribution < -0.4 is 16.6 Å². The molecule has 2 atom stereocenters. The van der Waals surface area contributed by atoms with Crippen molar-refractivity contribution in [3.8, 4) is 0 Å². The zero-order chi connectivity index (χ0) is 16.7. The highest BCUT2D eigenvalue weighted by Gasteiger charge is 2.26. The monoisotopic (exact) mass is 321 g/mol. The van der Waals surface area contributed by atoms with Crippen LogP contribution in [0, 0.1) is 0 Å². The number of carbonyl (C=O) groups is 1. The van der Waals surface area contributed by atoms with Crippen molar-refractivity contribution >= 4 is 17.1 Å². The standard InChI is InChI=1S/C14H19N5O4/c1-17-12-11(13(22)18(2)14(17)23)19(7-15-12)6-10(21)16-8-4-3-5-9(8)20/h7-9,20H,3-6H2,1-2H3,(H,16,21)/t8?,9-/m0/s1. The molecule has 0 aromatic carbocycles. The van der Waals surface area contributed by atoms with Gasteiger partial charge in [0.15, 0.2) is 11.2 Å². The number of amides is 1. The molecule has 3 rings (SSSR count). The molecule has 0 spiro atoms. The van der Waals surface area contributed by atoms with Crippen molar-refractivity contribution in [3.63, 3.8) is 0 Å².